The van der Waals surface area contributed by atoms with Gasteiger partial charge < -0.3 is 10.2 Å². The van der Waals surface area contributed by atoms with E-state index in [1.165, 1.54) is 0 Å². The number of hydrogen-bond acceptors (Lipinski definition) is 3. The van der Waals surface area contributed by atoms with E-state index < -0.39 is 0 Å². The van der Waals surface area contributed by atoms with Gasteiger partial charge in [-0.05, 0) is 31.4 Å². The molecule has 2 rings (SSSR count). The number of rotatable bonds is 2. The fraction of sp³-hybridized carbons (Fsp3) is 0.562. The number of carbonyl (C=O) groups excluding carboxylic acids is 1. The van der Waals surface area contributed by atoms with Gasteiger partial charge in [0.05, 0.1) is 0 Å². The molecule has 1 aromatic rings. The van der Waals surface area contributed by atoms with Crippen LogP contribution in [0.15, 0.2) is 24.3 Å². The highest BCUT2D eigenvalue weighted by Crippen LogP contribution is 2.26. The smallest absolute Gasteiger partial charge is 0.159 e. The van der Waals surface area contributed by atoms with Gasteiger partial charge in [0.15, 0.2) is 5.78 Å². The molecule has 1 fully saturated rings. The highest BCUT2D eigenvalue weighted by atomic mass is 16.1. The van der Waals surface area contributed by atoms with Crippen molar-refractivity contribution in [1.29, 1.82) is 0 Å². The molecule has 0 saturated carbocycles. The van der Waals surface area contributed by atoms with Gasteiger partial charge in [0.25, 0.3) is 0 Å². The molecule has 3 heteroatoms. The molecule has 1 aromatic carbocycles. The molecule has 0 aromatic heterocycles. The van der Waals surface area contributed by atoms with Gasteiger partial charge in [-0.25, -0.2) is 0 Å². The first-order valence-electron chi connectivity index (χ1n) is 6.97. The predicted octanol–water partition coefficient (Wildman–Crippen LogP) is 2.71. The van der Waals surface area contributed by atoms with E-state index in [0.29, 0.717) is 6.04 Å². The van der Waals surface area contributed by atoms with E-state index in [9.17, 15) is 4.79 Å². The lowest BCUT2D eigenvalue weighted by Gasteiger charge is -2.34. The van der Waals surface area contributed by atoms with Gasteiger partial charge in [-0.15, -0.1) is 0 Å². The summed E-state index contributed by atoms with van der Waals surface area (Å²) in [7, 11) is 0. The van der Waals surface area contributed by atoms with Crippen LogP contribution in [-0.4, -0.2) is 31.5 Å². The molecule has 1 heterocycles. The maximum Gasteiger partial charge on any atom is 0.159 e. The quantitative estimate of drug-likeness (QED) is 0.830. The van der Waals surface area contributed by atoms with E-state index in [1.807, 2.05) is 18.2 Å². The standard InChI is InChI=1S/C16H24N2O/c1-12-9-17-10-16(3,4)11-18(12)15-7-5-6-14(8-15)13(2)19/h5-8,12,17H,9-11H2,1-4H3. The molecule has 19 heavy (non-hydrogen) atoms. The number of Topliss-reactive ketones (excluding diaryl/α,β-unsaturated/α-hetero) is 1. The number of hydrogen-bond donors (Lipinski definition) is 1. The Morgan fingerprint density at radius 3 is 2.84 bits per heavy atom. The zero-order valence-electron chi connectivity index (χ0n) is 12.4. The summed E-state index contributed by atoms with van der Waals surface area (Å²) in [6.45, 7) is 11.4. The Hall–Kier alpha value is -1.35. The Bertz CT molecular complexity index is 468. The Kier molecular flexibility index (Phi) is 3.95. The van der Waals surface area contributed by atoms with Crippen molar-refractivity contribution in [2.24, 2.45) is 5.41 Å². The number of nitrogens with zero attached hydrogens (tertiary/aromatic N) is 1. The van der Waals surface area contributed by atoms with E-state index in [0.717, 1.165) is 30.9 Å². The molecular weight excluding hydrogens is 236 g/mol. The molecular formula is C16H24N2O. The summed E-state index contributed by atoms with van der Waals surface area (Å²) < 4.78 is 0. The monoisotopic (exact) mass is 260 g/mol. The number of nitrogens with one attached hydrogen (secondary N) is 1. The van der Waals surface area contributed by atoms with Crippen LogP contribution >= 0.6 is 0 Å². The first kappa shape index (κ1) is 14.1. The number of carbonyl (C=O) groups is 1. The Balaban J connectivity index is 2.32. The first-order valence-corrected chi connectivity index (χ1v) is 6.97. The molecule has 0 radical (unpaired) electrons. The molecule has 1 aliphatic rings. The summed E-state index contributed by atoms with van der Waals surface area (Å²) in [5.74, 6) is 0.127. The van der Waals surface area contributed by atoms with Crippen LogP contribution in [0, 0.1) is 5.41 Å². The van der Waals surface area contributed by atoms with Crippen LogP contribution in [0.3, 0.4) is 0 Å². The van der Waals surface area contributed by atoms with Crippen molar-refractivity contribution in [3.05, 3.63) is 29.8 Å². The maximum absolute atomic E-state index is 11.5. The van der Waals surface area contributed by atoms with E-state index in [-0.39, 0.29) is 11.2 Å². The minimum atomic E-state index is 0.127. The Morgan fingerprint density at radius 2 is 2.16 bits per heavy atom. The summed E-state index contributed by atoms with van der Waals surface area (Å²) in [5.41, 5.74) is 2.17. The topological polar surface area (TPSA) is 32.3 Å². The van der Waals surface area contributed by atoms with Crippen LogP contribution < -0.4 is 10.2 Å². The van der Waals surface area contributed by atoms with E-state index in [2.05, 4.69) is 37.1 Å². The molecule has 104 valence electrons. The molecule has 0 aliphatic carbocycles. The molecule has 1 aliphatic heterocycles. The van der Waals surface area contributed by atoms with Crippen molar-refractivity contribution < 1.29 is 4.79 Å². The van der Waals surface area contributed by atoms with Crippen LogP contribution in [-0.2, 0) is 0 Å². The van der Waals surface area contributed by atoms with Crippen molar-refractivity contribution in [1.82, 2.24) is 5.32 Å². The number of benzene rings is 1. The molecule has 0 bridgehead atoms. The van der Waals surface area contributed by atoms with Crippen LogP contribution in [0.4, 0.5) is 5.69 Å². The van der Waals surface area contributed by atoms with E-state index in [1.54, 1.807) is 6.92 Å². The van der Waals surface area contributed by atoms with Gasteiger partial charge in [0, 0.05) is 36.9 Å². The predicted molar refractivity (Wildman–Crippen MR) is 79.9 cm³/mol. The van der Waals surface area contributed by atoms with Gasteiger partial charge in [-0.1, -0.05) is 26.0 Å². The Morgan fingerprint density at radius 1 is 1.42 bits per heavy atom. The molecule has 1 unspecified atom stereocenters. The third-order valence-corrected chi connectivity index (χ3v) is 3.76. The van der Waals surface area contributed by atoms with Gasteiger partial charge in [0.1, 0.15) is 0 Å². The molecule has 0 spiro atoms. The largest absolute Gasteiger partial charge is 0.367 e. The van der Waals surface area contributed by atoms with Gasteiger partial charge in [-0.3, -0.25) is 4.79 Å². The van der Waals surface area contributed by atoms with Crippen molar-refractivity contribution in [2.75, 3.05) is 24.5 Å². The highest BCUT2D eigenvalue weighted by Gasteiger charge is 2.28. The van der Waals surface area contributed by atoms with Crippen LogP contribution in [0.25, 0.3) is 0 Å². The minimum absolute atomic E-state index is 0.127. The van der Waals surface area contributed by atoms with Crippen molar-refractivity contribution in [2.45, 2.75) is 33.7 Å². The first-order chi connectivity index (χ1) is 8.89. The van der Waals surface area contributed by atoms with Gasteiger partial charge in [-0.2, -0.15) is 0 Å². The average molecular weight is 260 g/mol. The summed E-state index contributed by atoms with van der Waals surface area (Å²) in [6.07, 6.45) is 0. The van der Waals surface area contributed by atoms with Crippen LogP contribution in [0.5, 0.6) is 0 Å². The highest BCUT2D eigenvalue weighted by molar-refractivity contribution is 5.95. The Labute approximate surface area is 116 Å². The average Bonchev–Trinajstić information content (AvgIpc) is 2.48. The zero-order valence-corrected chi connectivity index (χ0v) is 12.4. The van der Waals surface area contributed by atoms with E-state index >= 15 is 0 Å². The lowest BCUT2D eigenvalue weighted by atomic mass is 9.92. The third-order valence-electron chi connectivity index (χ3n) is 3.76. The molecule has 3 nitrogen and oxygen atoms in total. The van der Waals surface area contributed by atoms with Crippen molar-refractivity contribution in [3.8, 4) is 0 Å². The fourth-order valence-electron chi connectivity index (χ4n) is 2.65. The zero-order chi connectivity index (χ0) is 14.0. The second-order valence-electron chi connectivity index (χ2n) is 6.38. The summed E-state index contributed by atoms with van der Waals surface area (Å²) in [5, 5.41) is 3.52. The van der Waals surface area contributed by atoms with Gasteiger partial charge in [0.2, 0.25) is 0 Å². The summed E-state index contributed by atoms with van der Waals surface area (Å²) >= 11 is 0. The lowest BCUT2D eigenvalue weighted by molar-refractivity contribution is 0.101. The van der Waals surface area contributed by atoms with Crippen molar-refractivity contribution >= 4 is 11.5 Å². The van der Waals surface area contributed by atoms with Crippen LogP contribution in [0.1, 0.15) is 38.1 Å². The minimum Gasteiger partial charge on any atom is -0.367 e. The molecule has 0 amide bonds. The van der Waals surface area contributed by atoms with Crippen molar-refractivity contribution in [3.63, 3.8) is 0 Å². The molecule has 1 N–H and O–H groups in total. The second-order valence-corrected chi connectivity index (χ2v) is 6.38. The summed E-state index contributed by atoms with van der Waals surface area (Å²) in [6, 6.07) is 8.41. The molecule has 1 atom stereocenters. The normalized spacial score (nSPS) is 22.9. The third kappa shape index (κ3) is 3.35. The maximum atomic E-state index is 11.5. The fourth-order valence-corrected chi connectivity index (χ4v) is 2.65. The lowest BCUT2D eigenvalue weighted by Crippen LogP contribution is -2.40. The summed E-state index contributed by atoms with van der Waals surface area (Å²) in [4.78, 5) is 13.9. The molecule has 1 saturated heterocycles. The van der Waals surface area contributed by atoms with Gasteiger partial charge >= 0.3 is 0 Å². The SMILES string of the molecule is CC(=O)c1cccc(N2CC(C)(C)CNCC2C)c1. The number of ketones is 1. The second kappa shape index (κ2) is 5.33. The van der Waals surface area contributed by atoms with E-state index in [4.69, 9.17) is 0 Å². The van der Waals surface area contributed by atoms with Crippen LogP contribution in [0.2, 0.25) is 0 Å². The number of anilines is 1.